The summed E-state index contributed by atoms with van der Waals surface area (Å²) in [6.45, 7) is 0.0373. The van der Waals surface area contributed by atoms with Gasteiger partial charge in [0.2, 0.25) is 0 Å². The second kappa shape index (κ2) is 9.56. The molecule has 5 aromatic rings. The molecular formula is C27H21N5O2. The van der Waals surface area contributed by atoms with E-state index in [0.717, 1.165) is 0 Å². The van der Waals surface area contributed by atoms with Crippen LogP contribution in [0.3, 0.4) is 0 Å². The summed E-state index contributed by atoms with van der Waals surface area (Å²) in [5.41, 5.74) is 4.96. The maximum atomic E-state index is 13.4. The van der Waals surface area contributed by atoms with Gasteiger partial charge in [-0.1, -0.05) is 30.3 Å². The lowest BCUT2D eigenvalue weighted by molar-refractivity contribution is 0.0981. The van der Waals surface area contributed by atoms with Crippen molar-refractivity contribution >= 4 is 22.6 Å². The average Bonchev–Trinajstić information content (AvgIpc) is 2.92. The van der Waals surface area contributed by atoms with Gasteiger partial charge >= 0.3 is 0 Å². The molecule has 3 heterocycles. The minimum atomic E-state index is -0.225. The van der Waals surface area contributed by atoms with Gasteiger partial charge in [0.15, 0.2) is 0 Å². The maximum Gasteiger partial charge on any atom is 0.258 e. The quantitative estimate of drug-likeness (QED) is 0.415. The maximum absolute atomic E-state index is 13.4. The van der Waals surface area contributed by atoms with Crippen molar-refractivity contribution in [2.24, 2.45) is 0 Å². The minimum absolute atomic E-state index is 0.148. The zero-order valence-corrected chi connectivity index (χ0v) is 18.2. The van der Waals surface area contributed by atoms with E-state index in [0.29, 0.717) is 45.1 Å². The Morgan fingerprint density at radius 1 is 0.735 bits per heavy atom. The summed E-state index contributed by atoms with van der Waals surface area (Å²) in [5.74, 6) is -0.225. The van der Waals surface area contributed by atoms with Gasteiger partial charge in [-0.15, -0.1) is 0 Å². The van der Waals surface area contributed by atoms with Crippen LogP contribution in [0.4, 0.5) is 5.69 Å². The minimum Gasteiger partial charge on any atom is -0.395 e. The van der Waals surface area contributed by atoms with Crippen molar-refractivity contribution in [3.63, 3.8) is 0 Å². The van der Waals surface area contributed by atoms with E-state index in [4.69, 9.17) is 9.97 Å². The molecule has 0 aliphatic heterocycles. The summed E-state index contributed by atoms with van der Waals surface area (Å²) >= 11 is 0. The molecule has 0 unspecified atom stereocenters. The van der Waals surface area contributed by atoms with Crippen LogP contribution in [-0.4, -0.2) is 44.1 Å². The number of hydrogen-bond acceptors (Lipinski definition) is 6. The number of aromatic nitrogens is 4. The van der Waals surface area contributed by atoms with Crippen LogP contribution in [0.25, 0.3) is 33.8 Å². The van der Waals surface area contributed by atoms with Crippen LogP contribution in [0, 0.1) is 0 Å². The smallest absolute Gasteiger partial charge is 0.258 e. The third kappa shape index (κ3) is 4.24. The van der Waals surface area contributed by atoms with Gasteiger partial charge in [0, 0.05) is 30.2 Å². The van der Waals surface area contributed by atoms with Crippen LogP contribution in [0.15, 0.2) is 97.3 Å². The first-order chi connectivity index (χ1) is 16.7. The molecule has 0 radical (unpaired) electrons. The highest BCUT2D eigenvalue weighted by molar-refractivity contribution is 6.07. The number of benzene rings is 2. The van der Waals surface area contributed by atoms with E-state index >= 15 is 0 Å². The van der Waals surface area contributed by atoms with E-state index < -0.39 is 0 Å². The van der Waals surface area contributed by atoms with Crippen LogP contribution >= 0.6 is 0 Å². The second-order valence-corrected chi connectivity index (χ2v) is 7.57. The summed E-state index contributed by atoms with van der Waals surface area (Å²) in [7, 11) is 0. The van der Waals surface area contributed by atoms with Crippen molar-refractivity contribution in [1.82, 2.24) is 19.9 Å². The normalized spacial score (nSPS) is 10.9. The molecule has 1 N–H and O–H groups in total. The lowest BCUT2D eigenvalue weighted by Crippen LogP contribution is -2.33. The number of fused-ring (bicyclic) bond motifs is 1. The Kier molecular flexibility index (Phi) is 6.01. The Hall–Kier alpha value is -4.49. The van der Waals surface area contributed by atoms with Gasteiger partial charge in [0.05, 0.1) is 29.0 Å². The number of carbonyl (C=O) groups is 1. The van der Waals surface area contributed by atoms with Gasteiger partial charge in [-0.25, -0.2) is 9.97 Å². The lowest BCUT2D eigenvalue weighted by Gasteiger charge is -2.22. The Balaban J connectivity index is 1.63. The van der Waals surface area contributed by atoms with Crippen LogP contribution in [0.5, 0.6) is 0 Å². The molecule has 0 atom stereocenters. The van der Waals surface area contributed by atoms with Gasteiger partial charge in [-0.3, -0.25) is 14.8 Å². The topological polar surface area (TPSA) is 92.1 Å². The van der Waals surface area contributed by atoms with Gasteiger partial charge in [0.25, 0.3) is 5.91 Å². The van der Waals surface area contributed by atoms with Crippen molar-refractivity contribution < 1.29 is 9.90 Å². The van der Waals surface area contributed by atoms with Crippen molar-refractivity contribution in [2.75, 3.05) is 18.1 Å². The third-order valence-electron chi connectivity index (χ3n) is 5.36. The summed E-state index contributed by atoms with van der Waals surface area (Å²) in [4.78, 5) is 33.5. The number of para-hydroxylation sites is 1. The zero-order chi connectivity index (χ0) is 23.3. The highest BCUT2D eigenvalue weighted by Crippen LogP contribution is 2.29. The summed E-state index contributed by atoms with van der Waals surface area (Å²) in [5, 5.41) is 9.54. The van der Waals surface area contributed by atoms with Gasteiger partial charge in [0.1, 0.15) is 11.4 Å². The number of hydrogen-bond donors (Lipinski definition) is 1. The van der Waals surface area contributed by atoms with Crippen molar-refractivity contribution in [3.05, 3.63) is 103 Å². The molecule has 34 heavy (non-hydrogen) atoms. The molecule has 3 aromatic heterocycles. The van der Waals surface area contributed by atoms with Crippen LogP contribution in [-0.2, 0) is 0 Å². The Morgan fingerprint density at radius 3 is 1.94 bits per heavy atom. The first-order valence-electron chi connectivity index (χ1n) is 10.9. The molecule has 1 amide bonds. The van der Waals surface area contributed by atoms with E-state index in [1.807, 2.05) is 66.7 Å². The number of nitrogens with zero attached hydrogens (tertiary/aromatic N) is 5. The number of amides is 1. The summed E-state index contributed by atoms with van der Waals surface area (Å²) in [6.07, 6.45) is 3.42. The molecule has 0 fully saturated rings. The van der Waals surface area contributed by atoms with Crippen molar-refractivity contribution in [1.29, 1.82) is 0 Å². The number of carbonyl (C=O) groups excluding carboxylic acids is 1. The fourth-order valence-electron chi connectivity index (χ4n) is 3.76. The number of anilines is 1. The number of aliphatic hydroxyl groups excluding tert-OH is 1. The second-order valence-electron chi connectivity index (χ2n) is 7.57. The molecular weight excluding hydrogens is 426 g/mol. The van der Waals surface area contributed by atoms with E-state index in [-0.39, 0.29) is 19.1 Å². The molecule has 5 rings (SSSR count). The summed E-state index contributed by atoms with van der Waals surface area (Å²) in [6, 6.07) is 25.8. The fourth-order valence-corrected chi connectivity index (χ4v) is 3.76. The Bertz CT molecular complexity index is 1430. The first kappa shape index (κ1) is 21.4. The van der Waals surface area contributed by atoms with Crippen molar-refractivity contribution in [2.45, 2.75) is 0 Å². The largest absolute Gasteiger partial charge is 0.395 e. The van der Waals surface area contributed by atoms with Gasteiger partial charge < -0.3 is 10.0 Å². The lowest BCUT2D eigenvalue weighted by atomic mass is 10.1. The van der Waals surface area contributed by atoms with Crippen LogP contribution in [0.2, 0.25) is 0 Å². The molecule has 0 saturated carbocycles. The van der Waals surface area contributed by atoms with Gasteiger partial charge in [-0.2, -0.15) is 0 Å². The van der Waals surface area contributed by atoms with E-state index in [1.165, 1.54) is 0 Å². The zero-order valence-electron chi connectivity index (χ0n) is 18.2. The van der Waals surface area contributed by atoms with Gasteiger partial charge in [-0.05, 0) is 54.6 Å². The molecule has 2 aromatic carbocycles. The first-order valence-corrected chi connectivity index (χ1v) is 10.9. The molecule has 7 heteroatoms. The molecule has 0 bridgehead atoms. The monoisotopic (exact) mass is 447 g/mol. The van der Waals surface area contributed by atoms with E-state index in [2.05, 4.69) is 9.97 Å². The molecule has 0 aliphatic carbocycles. The summed E-state index contributed by atoms with van der Waals surface area (Å²) < 4.78 is 0. The van der Waals surface area contributed by atoms with E-state index in [1.54, 1.807) is 35.5 Å². The number of rotatable bonds is 6. The highest BCUT2D eigenvalue weighted by atomic mass is 16.3. The number of aliphatic hydroxyl groups is 1. The molecule has 7 nitrogen and oxygen atoms in total. The predicted octanol–water partition coefficient (Wildman–Crippen LogP) is 4.39. The molecule has 0 aliphatic rings. The highest BCUT2D eigenvalue weighted by Gasteiger charge is 2.20. The third-order valence-corrected chi connectivity index (χ3v) is 5.36. The van der Waals surface area contributed by atoms with Crippen LogP contribution < -0.4 is 4.90 Å². The standard InChI is InChI=1S/C27H21N5O2/c33-17-16-32(20-8-2-1-3-9-20)27(34)19-12-13-21-24(18-19)31-26(23-11-5-7-15-29-23)25(30-21)22-10-4-6-14-28-22/h1-15,18,33H,16-17H2. The Morgan fingerprint density at radius 2 is 1.35 bits per heavy atom. The molecule has 0 spiro atoms. The number of pyridine rings is 2. The average molecular weight is 447 g/mol. The SMILES string of the molecule is O=C(c1ccc2nc(-c3ccccn3)c(-c3ccccn3)nc2c1)N(CCO)c1ccccc1. The fraction of sp³-hybridized carbons (Fsp3) is 0.0741. The Labute approximate surface area is 196 Å². The van der Waals surface area contributed by atoms with E-state index in [9.17, 15) is 9.90 Å². The van der Waals surface area contributed by atoms with Crippen molar-refractivity contribution in [3.8, 4) is 22.8 Å². The molecule has 166 valence electrons. The molecule has 0 saturated heterocycles. The predicted molar refractivity (Wildman–Crippen MR) is 131 cm³/mol. The van der Waals surface area contributed by atoms with Crippen LogP contribution in [0.1, 0.15) is 10.4 Å².